The highest BCUT2D eigenvalue weighted by Gasteiger charge is 2.05. The van der Waals surface area contributed by atoms with Gasteiger partial charge >= 0.3 is 5.97 Å². The molecule has 0 unspecified atom stereocenters. The van der Waals surface area contributed by atoms with E-state index in [1.807, 2.05) is 18.2 Å². The fraction of sp³-hybridized carbons (Fsp3) is 0.0714. The Hall–Kier alpha value is -2.29. The molecule has 0 fully saturated rings. The highest BCUT2D eigenvalue weighted by Crippen LogP contribution is 2.23. The first-order valence-electron chi connectivity index (χ1n) is 5.18. The van der Waals surface area contributed by atoms with E-state index < -0.39 is 0 Å². The van der Waals surface area contributed by atoms with Crippen molar-refractivity contribution in [2.45, 2.75) is 0 Å². The second-order valence-electron chi connectivity index (χ2n) is 3.62. The number of carbonyl (C=O) groups excluding carboxylic acids is 1. The van der Waals surface area contributed by atoms with Crippen LogP contribution >= 0.6 is 0 Å². The molecule has 0 saturated carbocycles. The van der Waals surface area contributed by atoms with Gasteiger partial charge in [0.2, 0.25) is 0 Å². The van der Waals surface area contributed by atoms with Gasteiger partial charge in [0.1, 0.15) is 5.75 Å². The Morgan fingerprint density at radius 1 is 1.06 bits per heavy atom. The monoisotopic (exact) mass is 228 g/mol. The predicted octanol–water partition coefficient (Wildman–Crippen LogP) is 2.85. The van der Waals surface area contributed by atoms with Crippen LogP contribution in [0.2, 0.25) is 0 Å². The number of methoxy groups -OCH3 is 1. The van der Waals surface area contributed by atoms with E-state index in [9.17, 15) is 9.90 Å². The van der Waals surface area contributed by atoms with E-state index in [4.69, 9.17) is 0 Å². The van der Waals surface area contributed by atoms with E-state index in [1.54, 1.807) is 30.3 Å². The second-order valence-corrected chi connectivity index (χ2v) is 3.62. The number of rotatable bonds is 2. The summed E-state index contributed by atoms with van der Waals surface area (Å²) < 4.78 is 4.62. The van der Waals surface area contributed by atoms with E-state index in [2.05, 4.69) is 4.74 Å². The van der Waals surface area contributed by atoms with Gasteiger partial charge in [0.05, 0.1) is 12.7 Å². The average Bonchev–Trinajstić information content (AvgIpc) is 2.38. The molecule has 0 aliphatic rings. The lowest BCUT2D eigenvalue weighted by Gasteiger charge is -2.03. The van der Waals surface area contributed by atoms with Gasteiger partial charge < -0.3 is 9.84 Å². The van der Waals surface area contributed by atoms with Crippen molar-refractivity contribution in [1.82, 2.24) is 0 Å². The number of ether oxygens (including phenoxy) is 1. The summed E-state index contributed by atoms with van der Waals surface area (Å²) in [6.07, 6.45) is 0. The van der Waals surface area contributed by atoms with Gasteiger partial charge in [-0.25, -0.2) is 4.79 Å². The van der Waals surface area contributed by atoms with E-state index >= 15 is 0 Å². The third-order valence-electron chi connectivity index (χ3n) is 2.49. The van der Waals surface area contributed by atoms with Crippen LogP contribution in [0.5, 0.6) is 5.75 Å². The van der Waals surface area contributed by atoms with E-state index in [0.29, 0.717) is 5.56 Å². The number of benzene rings is 2. The molecule has 2 aromatic rings. The molecule has 3 nitrogen and oxygen atoms in total. The Kier molecular flexibility index (Phi) is 3.10. The molecule has 86 valence electrons. The number of aromatic hydroxyl groups is 1. The number of carbonyl (C=O) groups is 1. The largest absolute Gasteiger partial charge is 0.508 e. The molecular weight excluding hydrogens is 216 g/mol. The quantitative estimate of drug-likeness (QED) is 0.804. The Bertz CT molecular complexity index is 529. The molecule has 0 aliphatic carbocycles. The molecule has 17 heavy (non-hydrogen) atoms. The number of hydrogen-bond acceptors (Lipinski definition) is 3. The molecule has 0 atom stereocenters. The van der Waals surface area contributed by atoms with Crippen LogP contribution in [0.25, 0.3) is 11.1 Å². The molecular formula is C14H12O3. The van der Waals surface area contributed by atoms with Gasteiger partial charge in [-0.3, -0.25) is 0 Å². The zero-order chi connectivity index (χ0) is 12.3. The minimum Gasteiger partial charge on any atom is -0.508 e. The molecule has 1 N–H and O–H groups in total. The zero-order valence-electron chi connectivity index (χ0n) is 9.38. The molecule has 0 spiro atoms. The molecule has 0 amide bonds. The van der Waals surface area contributed by atoms with Crippen molar-refractivity contribution in [2.75, 3.05) is 7.11 Å². The molecule has 2 rings (SSSR count). The molecule has 0 aliphatic heterocycles. The Balaban J connectivity index is 2.32. The van der Waals surface area contributed by atoms with Crippen LogP contribution in [0.1, 0.15) is 10.4 Å². The summed E-state index contributed by atoms with van der Waals surface area (Å²) in [6.45, 7) is 0. The smallest absolute Gasteiger partial charge is 0.337 e. The van der Waals surface area contributed by atoms with Gasteiger partial charge in [-0.1, -0.05) is 24.3 Å². The lowest BCUT2D eigenvalue weighted by molar-refractivity contribution is 0.0601. The minimum atomic E-state index is -0.354. The van der Waals surface area contributed by atoms with E-state index in [-0.39, 0.29) is 11.7 Å². The summed E-state index contributed by atoms with van der Waals surface area (Å²) in [4.78, 5) is 11.3. The van der Waals surface area contributed by atoms with Crippen molar-refractivity contribution in [3.63, 3.8) is 0 Å². The molecule has 0 aromatic heterocycles. The molecule has 0 heterocycles. The van der Waals surface area contributed by atoms with Crippen molar-refractivity contribution in [3.8, 4) is 16.9 Å². The van der Waals surface area contributed by atoms with Crippen LogP contribution in [0, 0.1) is 0 Å². The lowest BCUT2D eigenvalue weighted by atomic mass is 10.0. The first kappa shape index (κ1) is 11.2. The van der Waals surface area contributed by atoms with Crippen LogP contribution in [0.4, 0.5) is 0 Å². The maximum atomic E-state index is 11.3. The van der Waals surface area contributed by atoms with Crippen molar-refractivity contribution in [2.24, 2.45) is 0 Å². The topological polar surface area (TPSA) is 46.5 Å². The minimum absolute atomic E-state index is 0.222. The normalized spacial score (nSPS) is 9.94. The standard InChI is InChI=1S/C14H12O3/c1-17-14(16)11-7-5-10(6-8-11)12-3-2-4-13(15)9-12/h2-9,15H,1H3. The Morgan fingerprint density at radius 3 is 2.35 bits per heavy atom. The summed E-state index contributed by atoms with van der Waals surface area (Å²) in [5, 5.41) is 9.38. The molecule has 0 radical (unpaired) electrons. The fourth-order valence-corrected chi connectivity index (χ4v) is 1.60. The van der Waals surface area contributed by atoms with Gasteiger partial charge in [0.25, 0.3) is 0 Å². The van der Waals surface area contributed by atoms with Crippen molar-refractivity contribution in [3.05, 3.63) is 54.1 Å². The summed E-state index contributed by atoms with van der Waals surface area (Å²) in [5.74, 6) is -0.132. The van der Waals surface area contributed by atoms with Crippen molar-refractivity contribution < 1.29 is 14.6 Å². The first-order valence-corrected chi connectivity index (χ1v) is 5.18. The summed E-state index contributed by atoms with van der Waals surface area (Å²) in [5.41, 5.74) is 2.35. The van der Waals surface area contributed by atoms with E-state index in [0.717, 1.165) is 11.1 Å². The number of hydrogen-bond donors (Lipinski definition) is 1. The van der Waals surface area contributed by atoms with Crippen LogP contribution in [-0.4, -0.2) is 18.2 Å². The summed E-state index contributed by atoms with van der Waals surface area (Å²) >= 11 is 0. The lowest BCUT2D eigenvalue weighted by Crippen LogP contribution is -2.00. The molecule has 0 saturated heterocycles. The van der Waals surface area contributed by atoms with Gasteiger partial charge in [0.15, 0.2) is 0 Å². The van der Waals surface area contributed by atoms with Gasteiger partial charge in [-0.05, 0) is 35.4 Å². The zero-order valence-corrected chi connectivity index (χ0v) is 9.38. The maximum absolute atomic E-state index is 11.3. The second kappa shape index (κ2) is 4.70. The molecule has 3 heteroatoms. The first-order chi connectivity index (χ1) is 8.20. The maximum Gasteiger partial charge on any atom is 0.337 e. The summed E-state index contributed by atoms with van der Waals surface area (Å²) in [7, 11) is 1.35. The van der Waals surface area contributed by atoms with Crippen molar-refractivity contribution in [1.29, 1.82) is 0 Å². The molecule has 2 aromatic carbocycles. The van der Waals surface area contributed by atoms with Gasteiger partial charge in [-0.2, -0.15) is 0 Å². The number of phenolic OH excluding ortho intramolecular Hbond substituents is 1. The molecule has 0 bridgehead atoms. The highest BCUT2D eigenvalue weighted by atomic mass is 16.5. The Morgan fingerprint density at radius 2 is 1.76 bits per heavy atom. The average molecular weight is 228 g/mol. The third kappa shape index (κ3) is 2.45. The van der Waals surface area contributed by atoms with Crippen molar-refractivity contribution >= 4 is 5.97 Å². The predicted molar refractivity (Wildman–Crippen MR) is 64.9 cm³/mol. The van der Waals surface area contributed by atoms with Gasteiger partial charge in [-0.15, -0.1) is 0 Å². The van der Waals surface area contributed by atoms with Crippen LogP contribution in [0.15, 0.2) is 48.5 Å². The third-order valence-corrected chi connectivity index (χ3v) is 2.49. The Labute approximate surface area is 99.3 Å². The van der Waals surface area contributed by atoms with Crippen LogP contribution in [-0.2, 0) is 4.74 Å². The fourth-order valence-electron chi connectivity index (χ4n) is 1.60. The SMILES string of the molecule is COC(=O)c1ccc(-c2cccc(O)c2)cc1. The van der Waals surface area contributed by atoms with Crippen LogP contribution < -0.4 is 0 Å². The number of phenols is 1. The summed E-state index contributed by atoms with van der Waals surface area (Å²) in [6, 6.07) is 14.0. The highest BCUT2D eigenvalue weighted by molar-refractivity contribution is 5.89. The van der Waals surface area contributed by atoms with Crippen LogP contribution in [0.3, 0.4) is 0 Å². The number of esters is 1. The van der Waals surface area contributed by atoms with Gasteiger partial charge in [0, 0.05) is 0 Å². The van der Waals surface area contributed by atoms with E-state index in [1.165, 1.54) is 7.11 Å².